The first-order chi connectivity index (χ1) is 13.5. The van der Waals surface area contributed by atoms with E-state index in [1.54, 1.807) is 18.2 Å². The van der Waals surface area contributed by atoms with E-state index in [-0.39, 0.29) is 18.8 Å². The normalized spacial score (nSPS) is 12.3. The first kappa shape index (κ1) is 22.9. The molecule has 0 radical (unpaired) electrons. The molecule has 1 amide bonds. The van der Waals surface area contributed by atoms with Crippen LogP contribution >= 0.6 is 11.6 Å². The minimum Gasteiger partial charge on any atom is -0.492 e. The van der Waals surface area contributed by atoms with Crippen molar-refractivity contribution in [2.75, 3.05) is 23.7 Å². The number of ether oxygens (including phenoxy) is 1. The van der Waals surface area contributed by atoms with E-state index in [1.807, 2.05) is 6.92 Å². The molecule has 10 heteroatoms. The van der Waals surface area contributed by atoms with Gasteiger partial charge in [0.25, 0.3) is 0 Å². The number of hydrogen-bond donors (Lipinski definition) is 1. The summed E-state index contributed by atoms with van der Waals surface area (Å²) in [6, 6.07) is 6.61. The number of nitrogens with one attached hydrogen (secondary N) is 1. The summed E-state index contributed by atoms with van der Waals surface area (Å²) >= 11 is 6.01. The van der Waals surface area contributed by atoms with Gasteiger partial charge in [-0.05, 0) is 43.7 Å². The standard InChI is InChI=1S/C19H21ClF2N2O4S/c1-12-4-6-15(11-16(12)20)28-9-8-23-19(25)13(2)24(29(3,26)27)14-5-7-17(21)18(22)10-14/h4-7,10-11,13H,8-9H2,1-3H3,(H,23,25)/t13-/m1/s1. The Balaban J connectivity index is 2.01. The minimum absolute atomic E-state index is 0.101. The van der Waals surface area contributed by atoms with Crippen molar-refractivity contribution in [1.82, 2.24) is 5.32 Å². The molecule has 1 N–H and O–H groups in total. The van der Waals surface area contributed by atoms with Crippen LogP contribution in [0.25, 0.3) is 0 Å². The van der Waals surface area contributed by atoms with E-state index in [0.717, 1.165) is 34.3 Å². The number of carbonyl (C=O) groups is 1. The molecule has 0 heterocycles. The maximum atomic E-state index is 13.5. The highest BCUT2D eigenvalue weighted by Crippen LogP contribution is 2.23. The third-order valence-corrected chi connectivity index (χ3v) is 5.71. The molecule has 29 heavy (non-hydrogen) atoms. The second-order valence-electron chi connectivity index (χ2n) is 6.38. The van der Waals surface area contributed by atoms with Crippen molar-refractivity contribution in [1.29, 1.82) is 0 Å². The van der Waals surface area contributed by atoms with Gasteiger partial charge in [0.2, 0.25) is 15.9 Å². The summed E-state index contributed by atoms with van der Waals surface area (Å²) < 4.78 is 57.2. The number of halogens is 3. The number of amides is 1. The van der Waals surface area contributed by atoms with Crippen LogP contribution in [0.3, 0.4) is 0 Å². The molecule has 0 aliphatic heterocycles. The van der Waals surface area contributed by atoms with Gasteiger partial charge in [-0.2, -0.15) is 0 Å². The van der Waals surface area contributed by atoms with E-state index in [4.69, 9.17) is 16.3 Å². The van der Waals surface area contributed by atoms with Gasteiger partial charge in [0.1, 0.15) is 18.4 Å². The second kappa shape index (κ2) is 9.41. The summed E-state index contributed by atoms with van der Waals surface area (Å²) in [5, 5.41) is 3.11. The number of aryl methyl sites for hydroxylation is 1. The Kier molecular flexibility index (Phi) is 7.43. The van der Waals surface area contributed by atoms with E-state index in [0.29, 0.717) is 10.8 Å². The van der Waals surface area contributed by atoms with E-state index >= 15 is 0 Å². The number of carbonyl (C=O) groups excluding carboxylic acids is 1. The van der Waals surface area contributed by atoms with Crippen LogP contribution in [-0.2, 0) is 14.8 Å². The molecule has 2 rings (SSSR count). The molecule has 0 bridgehead atoms. The van der Waals surface area contributed by atoms with E-state index in [2.05, 4.69) is 5.32 Å². The lowest BCUT2D eigenvalue weighted by Gasteiger charge is -2.28. The largest absolute Gasteiger partial charge is 0.492 e. The van der Waals surface area contributed by atoms with Crippen molar-refractivity contribution >= 4 is 33.2 Å². The summed E-state index contributed by atoms with van der Waals surface area (Å²) in [5.74, 6) is -2.42. The highest BCUT2D eigenvalue weighted by atomic mass is 35.5. The zero-order valence-electron chi connectivity index (χ0n) is 16.1. The van der Waals surface area contributed by atoms with Gasteiger partial charge < -0.3 is 10.1 Å². The predicted molar refractivity (Wildman–Crippen MR) is 108 cm³/mol. The number of hydrogen-bond acceptors (Lipinski definition) is 4. The molecule has 1 atom stereocenters. The van der Waals surface area contributed by atoms with Gasteiger partial charge in [0, 0.05) is 11.1 Å². The van der Waals surface area contributed by atoms with E-state index < -0.39 is 33.6 Å². The first-order valence-corrected chi connectivity index (χ1v) is 10.8. The number of rotatable bonds is 8. The Morgan fingerprint density at radius 3 is 2.48 bits per heavy atom. The summed E-state index contributed by atoms with van der Waals surface area (Å²) in [6.45, 7) is 3.43. The average Bonchev–Trinajstić information content (AvgIpc) is 2.63. The average molecular weight is 447 g/mol. The SMILES string of the molecule is Cc1ccc(OCCNC(=O)[C@@H](C)N(c2ccc(F)c(F)c2)S(C)(=O)=O)cc1Cl. The quantitative estimate of drug-likeness (QED) is 0.631. The Hall–Kier alpha value is -2.39. The zero-order chi connectivity index (χ0) is 21.8. The smallest absolute Gasteiger partial charge is 0.243 e. The maximum absolute atomic E-state index is 13.5. The second-order valence-corrected chi connectivity index (χ2v) is 8.65. The molecule has 0 unspecified atom stereocenters. The minimum atomic E-state index is -3.94. The fraction of sp³-hybridized carbons (Fsp3) is 0.316. The van der Waals surface area contributed by atoms with Crippen molar-refractivity contribution in [2.24, 2.45) is 0 Å². The van der Waals surface area contributed by atoms with Crippen LogP contribution in [-0.4, -0.2) is 39.8 Å². The first-order valence-electron chi connectivity index (χ1n) is 8.62. The molecule has 0 aliphatic rings. The summed E-state index contributed by atoms with van der Waals surface area (Å²) in [7, 11) is -3.94. The molecular formula is C19H21ClF2N2O4S. The van der Waals surface area contributed by atoms with Gasteiger partial charge in [-0.15, -0.1) is 0 Å². The highest BCUT2D eigenvalue weighted by molar-refractivity contribution is 7.92. The molecule has 0 saturated carbocycles. The topological polar surface area (TPSA) is 75.7 Å². The van der Waals surface area contributed by atoms with Crippen LogP contribution < -0.4 is 14.4 Å². The van der Waals surface area contributed by atoms with Gasteiger partial charge in [-0.25, -0.2) is 17.2 Å². The number of benzene rings is 2. The van der Waals surface area contributed by atoms with Crippen LogP contribution in [0.4, 0.5) is 14.5 Å². The Morgan fingerprint density at radius 2 is 1.90 bits per heavy atom. The van der Waals surface area contributed by atoms with Gasteiger partial charge >= 0.3 is 0 Å². The summed E-state index contributed by atoms with van der Waals surface area (Å²) in [5.41, 5.74) is 0.749. The van der Waals surface area contributed by atoms with Crippen LogP contribution in [0.2, 0.25) is 5.02 Å². The number of sulfonamides is 1. The van der Waals surface area contributed by atoms with Crippen LogP contribution in [0.5, 0.6) is 5.75 Å². The van der Waals surface area contributed by atoms with Crippen molar-refractivity contribution in [3.8, 4) is 5.75 Å². The van der Waals surface area contributed by atoms with Gasteiger partial charge in [0.15, 0.2) is 11.6 Å². The number of anilines is 1. The fourth-order valence-electron chi connectivity index (χ4n) is 2.59. The third kappa shape index (κ3) is 6.04. The lowest BCUT2D eigenvalue weighted by molar-refractivity contribution is -0.121. The Bertz CT molecular complexity index is 1000. The molecule has 0 spiro atoms. The van der Waals surface area contributed by atoms with Crippen molar-refractivity contribution < 1.29 is 26.7 Å². The van der Waals surface area contributed by atoms with Gasteiger partial charge in [-0.3, -0.25) is 9.10 Å². The van der Waals surface area contributed by atoms with Crippen LogP contribution in [0, 0.1) is 18.6 Å². The lowest BCUT2D eigenvalue weighted by atomic mass is 10.2. The monoisotopic (exact) mass is 446 g/mol. The molecular weight excluding hydrogens is 426 g/mol. The fourth-order valence-corrected chi connectivity index (χ4v) is 3.92. The van der Waals surface area contributed by atoms with Gasteiger partial charge in [0.05, 0.1) is 18.5 Å². The Morgan fingerprint density at radius 1 is 1.21 bits per heavy atom. The molecule has 6 nitrogen and oxygen atoms in total. The summed E-state index contributed by atoms with van der Waals surface area (Å²) in [6.07, 6.45) is 0.877. The molecule has 2 aromatic carbocycles. The maximum Gasteiger partial charge on any atom is 0.243 e. The molecule has 0 saturated heterocycles. The molecule has 0 aliphatic carbocycles. The van der Waals surface area contributed by atoms with Gasteiger partial charge in [-0.1, -0.05) is 17.7 Å². The predicted octanol–water partition coefficient (Wildman–Crippen LogP) is 3.28. The van der Waals surface area contributed by atoms with Crippen LogP contribution in [0.1, 0.15) is 12.5 Å². The van der Waals surface area contributed by atoms with Crippen LogP contribution in [0.15, 0.2) is 36.4 Å². The van der Waals surface area contributed by atoms with Crippen molar-refractivity contribution in [3.05, 3.63) is 58.6 Å². The molecule has 158 valence electrons. The zero-order valence-corrected chi connectivity index (χ0v) is 17.7. The molecule has 0 aromatic heterocycles. The summed E-state index contributed by atoms with van der Waals surface area (Å²) in [4.78, 5) is 12.4. The van der Waals surface area contributed by atoms with Crippen molar-refractivity contribution in [3.63, 3.8) is 0 Å². The molecule has 2 aromatic rings. The highest BCUT2D eigenvalue weighted by Gasteiger charge is 2.29. The number of nitrogens with zero attached hydrogens (tertiary/aromatic N) is 1. The Labute approximate surface area is 173 Å². The van der Waals surface area contributed by atoms with E-state index in [9.17, 15) is 22.0 Å². The van der Waals surface area contributed by atoms with E-state index in [1.165, 1.54) is 6.92 Å². The van der Waals surface area contributed by atoms with Crippen molar-refractivity contribution in [2.45, 2.75) is 19.9 Å². The third-order valence-electron chi connectivity index (χ3n) is 4.06. The lowest BCUT2D eigenvalue weighted by Crippen LogP contribution is -2.48. The molecule has 0 fully saturated rings.